The average Bonchev–Trinajstić information content (AvgIpc) is 2.47. The molecule has 1 unspecified atom stereocenters. The van der Waals surface area contributed by atoms with Crippen LogP contribution in [0.15, 0.2) is 0 Å². The van der Waals surface area contributed by atoms with Crippen LogP contribution in [0.1, 0.15) is 6.42 Å². The molecule has 0 fully saturated rings. The summed E-state index contributed by atoms with van der Waals surface area (Å²) in [5.74, 6) is -0.267. The van der Waals surface area contributed by atoms with E-state index in [1.165, 1.54) is 11.8 Å². The van der Waals surface area contributed by atoms with Crippen LogP contribution in [0.4, 0.5) is 0 Å². The lowest BCUT2D eigenvalue weighted by molar-refractivity contribution is -0.169. The molecular weight excluding hydrogens is 290 g/mol. The van der Waals surface area contributed by atoms with Gasteiger partial charge in [0.05, 0.1) is 6.61 Å². The Hall–Kier alpha value is -0.710. The molecule has 0 aromatic carbocycles. The number of rotatable bonds is 10. The second-order valence-electron chi connectivity index (χ2n) is 4.16. The number of aldehydes is 1. The number of carbonyl (C=O) groups excluding carboxylic acids is 2. The molecule has 0 amide bonds. The SMILES string of the molecule is CSCCC(N)C(=O)O[C@H](C=O)[C@@H](O)[C@H](O)[C@H](O)CO. The van der Waals surface area contributed by atoms with E-state index in [1.54, 1.807) is 0 Å². The van der Waals surface area contributed by atoms with Crippen molar-refractivity contribution in [1.82, 2.24) is 0 Å². The van der Waals surface area contributed by atoms with E-state index < -0.39 is 43.0 Å². The third-order valence-corrected chi connectivity index (χ3v) is 3.23. The third kappa shape index (κ3) is 6.16. The second kappa shape index (κ2) is 10.1. The first-order chi connectivity index (χ1) is 9.38. The maximum Gasteiger partial charge on any atom is 0.323 e. The molecule has 0 rings (SSSR count). The first-order valence-corrected chi connectivity index (χ1v) is 7.33. The summed E-state index contributed by atoms with van der Waals surface area (Å²) in [4.78, 5) is 22.4. The number of aliphatic hydroxyl groups excluding tert-OH is 4. The van der Waals surface area contributed by atoms with Gasteiger partial charge in [-0.3, -0.25) is 9.59 Å². The average molecular weight is 311 g/mol. The minimum Gasteiger partial charge on any atom is -0.451 e. The standard InChI is InChI=1S/C11H21NO7S/c1-20-3-2-6(12)11(18)19-8(5-14)10(17)9(16)7(15)4-13/h5-10,13,15-17H,2-4,12H2,1H3/t6?,7-,8-,9-,10-/m1/s1. The summed E-state index contributed by atoms with van der Waals surface area (Å²) >= 11 is 1.48. The van der Waals surface area contributed by atoms with Crippen LogP contribution in [0.25, 0.3) is 0 Å². The van der Waals surface area contributed by atoms with Crippen LogP contribution in [0.3, 0.4) is 0 Å². The smallest absolute Gasteiger partial charge is 0.323 e. The molecule has 6 N–H and O–H groups in total. The summed E-state index contributed by atoms with van der Waals surface area (Å²) < 4.78 is 4.69. The Morgan fingerprint density at radius 3 is 2.40 bits per heavy atom. The molecule has 0 aliphatic rings. The molecule has 0 saturated carbocycles. The van der Waals surface area contributed by atoms with Gasteiger partial charge in [0.25, 0.3) is 0 Å². The Morgan fingerprint density at radius 1 is 1.35 bits per heavy atom. The highest BCUT2D eigenvalue weighted by Gasteiger charge is 2.34. The second-order valence-corrected chi connectivity index (χ2v) is 5.14. The van der Waals surface area contributed by atoms with E-state index >= 15 is 0 Å². The molecular formula is C11H21NO7S. The number of hydrogen-bond donors (Lipinski definition) is 5. The molecule has 0 heterocycles. The van der Waals surface area contributed by atoms with E-state index in [2.05, 4.69) is 0 Å². The third-order valence-electron chi connectivity index (χ3n) is 2.59. The fourth-order valence-corrected chi connectivity index (χ4v) is 1.78. The van der Waals surface area contributed by atoms with E-state index in [0.29, 0.717) is 12.2 Å². The van der Waals surface area contributed by atoms with Crippen LogP contribution in [-0.4, -0.2) is 81.8 Å². The van der Waals surface area contributed by atoms with Crippen molar-refractivity contribution < 1.29 is 34.8 Å². The minimum absolute atomic E-state index is 0.122. The molecule has 0 aliphatic heterocycles. The van der Waals surface area contributed by atoms with Crippen molar-refractivity contribution in [3.05, 3.63) is 0 Å². The number of hydrogen-bond acceptors (Lipinski definition) is 9. The lowest BCUT2D eigenvalue weighted by Crippen LogP contribution is -2.49. The van der Waals surface area contributed by atoms with Gasteiger partial charge in [0, 0.05) is 0 Å². The zero-order valence-corrected chi connectivity index (χ0v) is 11.9. The lowest BCUT2D eigenvalue weighted by Gasteiger charge is -2.26. The van der Waals surface area contributed by atoms with Crippen LogP contribution >= 0.6 is 11.8 Å². The van der Waals surface area contributed by atoms with Crippen molar-refractivity contribution in [1.29, 1.82) is 0 Å². The summed E-state index contributed by atoms with van der Waals surface area (Å²) in [7, 11) is 0. The van der Waals surface area contributed by atoms with E-state index in [9.17, 15) is 19.8 Å². The molecule has 5 atom stereocenters. The quantitative estimate of drug-likeness (QED) is 0.214. The monoisotopic (exact) mass is 311 g/mol. The Balaban J connectivity index is 4.53. The molecule has 0 bridgehead atoms. The molecule has 9 heteroatoms. The number of thioether (sulfide) groups is 1. The zero-order chi connectivity index (χ0) is 15.7. The van der Waals surface area contributed by atoms with E-state index in [1.807, 2.05) is 6.26 Å². The highest BCUT2D eigenvalue weighted by atomic mass is 32.2. The Kier molecular flexibility index (Phi) is 9.72. The molecule has 0 saturated heterocycles. The van der Waals surface area contributed by atoms with Gasteiger partial charge in [0.2, 0.25) is 0 Å². The van der Waals surface area contributed by atoms with E-state index in [-0.39, 0.29) is 6.29 Å². The van der Waals surface area contributed by atoms with Crippen LogP contribution in [0.2, 0.25) is 0 Å². The highest BCUT2D eigenvalue weighted by Crippen LogP contribution is 2.09. The van der Waals surface area contributed by atoms with Crippen molar-refractivity contribution >= 4 is 24.0 Å². The normalized spacial score (nSPS) is 18.7. The predicted octanol–water partition coefficient (Wildman–Crippen LogP) is -2.75. The van der Waals surface area contributed by atoms with Gasteiger partial charge in [-0.15, -0.1) is 0 Å². The Morgan fingerprint density at radius 2 is 1.95 bits per heavy atom. The van der Waals surface area contributed by atoms with Crippen molar-refractivity contribution in [3.8, 4) is 0 Å². The summed E-state index contributed by atoms with van der Waals surface area (Å²) in [6.45, 7) is -0.814. The van der Waals surface area contributed by atoms with Crippen molar-refractivity contribution in [2.45, 2.75) is 36.9 Å². The van der Waals surface area contributed by atoms with Gasteiger partial charge in [-0.05, 0) is 18.4 Å². The maximum absolute atomic E-state index is 11.6. The predicted molar refractivity (Wildman–Crippen MR) is 72.0 cm³/mol. The van der Waals surface area contributed by atoms with Crippen LogP contribution in [-0.2, 0) is 14.3 Å². The van der Waals surface area contributed by atoms with Crippen LogP contribution < -0.4 is 5.73 Å². The summed E-state index contributed by atoms with van der Waals surface area (Å²) in [5.41, 5.74) is 5.53. The number of aliphatic hydroxyl groups is 4. The zero-order valence-electron chi connectivity index (χ0n) is 11.1. The topological polar surface area (TPSA) is 150 Å². The lowest BCUT2D eigenvalue weighted by atomic mass is 10.0. The van der Waals surface area contributed by atoms with Crippen molar-refractivity contribution in [3.63, 3.8) is 0 Å². The first kappa shape index (κ1) is 19.3. The van der Waals surface area contributed by atoms with Crippen molar-refractivity contribution in [2.24, 2.45) is 5.73 Å². The number of carbonyl (C=O) groups is 2. The molecule has 8 nitrogen and oxygen atoms in total. The summed E-state index contributed by atoms with van der Waals surface area (Å²) in [6, 6.07) is -0.947. The first-order valence-electron chi connectivity index (χ1n) is 5.94. The Labute approximate surface area is 120 Å². The molecule has 118 valence electrons. The summed E-state index contributed by atoms with van der Waals surface area (Å²) in [6.07, 6.45) is -4.71. The molecule has 0 radical (unpaired) electrons. The van der Waals surface area contributed by atoms with Gasteiger partial charge in [0.1, 0.15) is 24.4 Å². The van der Waals surface area contributed by atoms with Gasteiger partial charge in [-0.25, -0.2) is 0 Å². The fourth-order valence-electron chi connectivity index (χ4n) is 1.29. The van der Waals surface area contributed by atoms with Gasteiger partial charge in [0.15, 0.2) is 12.4 Å². The minimum atomic E-state index is -1.86. The number of nitrogens with two attached hydrogens (primary N) is 1. The van der Waals surface area contributed by atoms with Gasteiger partial charge >= 0.3 is 5.97 Å². The largest absolute Gasteiger partial charge is 0.451 e. The molecule has 0 aromatic heterocycles. The number of ether oxygens (including phenoxy) is 1. The van der Waals surface area contributed by atoms with Crippen LogP contribution in [0.5, 0.6) is 0 Å². The van der Waals surface area contributed by atoms with Gasteiger partial charge < -0.3 is 30.9 Å². The van der Waals surface area contributed by atoms with Gasteiger partial charge in [-0.2, -0.15) is 11.8 Å². The fraction of sp³-hybridized carbons (Fsp3) is 0.818. The molecule has 0 aromatic rings. The molecule has 20 heavy (non-hydrogen) atoms. The number of esters is 1. The highest BCUT2D eigenvalue weighted by molar-refractivity contribution is 7.98. The Bertz CT molecular complexity index is 304. The maximum atomic E-state index is 11.6. The van der Waals surface area contributed by atoms with Gasteiger partial charge in [-0.1, -0.05) is 0 Å². The molecule has 0 spiro atoms. The summed E-state index contributed by atoms with van der Waals surface area (Å²) in [5, 5.41) is 36.8. The van der Waals surface area contributed by atoms with Crippen molar-refractivity contribution in [2.75, 3.05) is 18.6 Å². The van der Waals surface area contributed by atoms with Crippen LogP contribution in [0, 0.1) is 0 Å². The van der Waals surface area contributed by atoms with E-state index in [4.69, 9.17) is 20.7 Å². The van der Waals surface area contributed by atoms with E-state index in [0.717, 1.165) is 0 Å². The molecule has 0 aliphatic carbocycles.